The summed E-state index contributed by atoms with van der Waals surface area (Å²) < 4.78 is 0.861. The predicted octanol–water partition coefficient (Wildman–Crippen LogP) is 1.61. The Hall–Kier alpha value is -2.66. The second-order valence-electron chi connectivity index (χ2n) is 7.50. The third-order valence-corrected chi connectivity index (χ3v) is 9.85. The zero-order valence-electron chi connectivity index (χ0n) is 18.5. The zero-order valence-corrected chi connectivity index (χ0v) is 21.8. The standard InChI is InChI=1S/C20H21N7O5S4/c21-4-5-33-6-10-20(35-8-23-10)36-11-7-34-18-14(17(29)27(18)15(11)19(30)31)25-16(28)13(26-32)9-2-1-3-12(22)24-9/h1-3,8,13-14,18H,4-7,21H2,(H2,22,24)(H,25,28)(H,30,31). The van der Waals surface area contributed by atoms with Gasteiger partial charge in [0.25, 0.3) is 11.8 Å². The Morgan fingerprint density at radius 2 is 2.19 bits per heavy atom. The Morgan fingerprint density at radius 1 is 1.39 bits per heavy atom. The van der Waals surface area contributed by atoms with Crippen LogP contribution in [-0.2, 0) is 20.1 Å². The number of rotatable bonds is 11. The molecule has 190 valence electrons. The first kappa shape index (κ1) is 26.4. The van der Waals surface area contributed by atoms with Crippen molar-refractivity contribution in [1.29, 1.82) is 0 Å². The number of hydrogen-bond donors (Lipinski definition) is 4. The van der Waals surface area contributed by atoms with Crippen LogP contribution in [0.5, 0.6) is 0 Å². The minimum Gasteiger partial charge on any atom is -0.477 e. The number of carboxylic acid groups (broad SMARTS) is 1. The molecule has 2 amide bonds. The number of fused-ring (bicyclic) bond motifs is 1. The van der Waals surface area contributed by atoms with Crippen molar-refractivity contribution in [3.63, 3.8) is 0 Å². The van der Waals surface area contributed by atoms with Crippen LogP contribution in [-0.4, -0.2) is 67.2 Å². The summed E-state index contributed by atoms with van der Waals surface area (Å²) in [6, 6.07) is 1.97. The lowest BCUT2D eigenvalue weighted by Gasteiger charge is -2.49. The van der Waals surface area contributed by atoms with Crippen molar-refractivity contribution < 1.29 is 19.5 Å². The molecule has 4 heterocycles. The minimum absolute atomic E-state index is 0.0530. The third kappa shape index (κ3) is 5.36. The van der Waals surface area contributed by atoms with Crippen LogP contribution in [0.15, 0.2) is 43.7 Å². The summed E-state index contributed by atoms with van der Waals surface area (Å²) in [5.41, 5.74) is 13.6. The molecular formula is C20H21N7O5S4. The quantitative estimate of drug-likeness (QED) is 0.174. The average molecular weight is 568 g/mol. The Labute approximate surface area is 222 Å². The first-order valence-corrected chi connectivity index (χ1v) is 14.4. The van der Waals surface area contributed by atoms with Crippen molar-refractivity contribution in [3.8, 4) is 0 Å². The van der Waals surface area contributed by atoms with Gasteiger partial charge in [-0.15, -0.1) is 28.0 Å². The average Bonchev–Trinajstić information content (AvgIpc) is 3.29. The monoisotopic (exact) mass is 567 g/mol. The lowest BCUT2D eigenvalue weighted by Crippen LogP contribution is -2.70. The summed E-state index contributed by atoms with van der Waals surface area (Å²) in [6.45, 7) is 0.554. The van der Waals surface area contributed by atoms with E-state index in [9.17, 15) is 24.4 Å². The van der Waals surface area contributed by atoms with Gasteiger partial charge in [0.1, 0.15) is 22.9 Å². The molecule has 1 saturated heterocycles. The van der Waals surface area contributed by atoms with Crippen LogP contribution in [0.25, 0.3) is 0 Å². The molecule has 0 radical (unpaired) electrons. The van der Waals surface area contributed by atoms with Gasteiger partial charge in [-0.25, -0.2) is 14.8 Å². The molecule has 6 N–H and O–H groups in total. The first-order chi connectivity index (χ1) is 17.3. The Bertz CT molecular complexity index is 1220. The highest BCUT2D eigenvalue weighted by Crippen LogP contribution is 2.46. The van der Waals surface area contributed by atoms with Crippen LogP contribution in [0.1, 0.15) is 17.4 Å². The topological polar surface area (TPSA) is 194 Å². The number of amides is 2. The lowest BCUT2D eigenvalue weighted by atomic mass is 10.0. The molecule has 0 bridgehead atoms. The van der Waals surface area contributed by atoms with Gasteiger partial charge >= 0.3 is 5.97 Å². The smallest absolute Gasteiger partial charge is 0.353 e. The fraction of sp³-hybridized carbons (Fsp3) is 0.350. The summed E-state index contributed by atoms with van der Waals surface area (Å²) >= 11 is 5.66. The first-order valence-electron chi connectivity index (χ1n) is 10.5. The fourth-order valence-corrected chi connectivity index (χ4v) is 8.01. The largest absolute Gasteiger partial charge is 0.477 e. The molecule has 12 nitrogen and oxygen atoms in total. The van der Waals surface area contributed by atoms with Gasteiger partial charge in [-0.3, -0.25) is 14.5 Å². The highest BCUT2D eigenvalue weighted by Gasteiger charge is 2.54. The normalized spacial score (nSPS) is 19.9. The van der Waals surface area contributed by atoms with Crippen LogP contribution < -0.4 is 16.8 Å². The number of anilines is 1. The summed E-state index contributed by atoms with van der Waals surface area (Å²) in [6.07, 6.45) is 0. The number of thiazole rings is 1. The van der Waals surface area contributed by atoms with Gasteiger partial charge in [-0.1, -0.05) is 17.8 Å². The van der Waals surface area contributed by atoms with E-state index in [0.717, 1.165) is 15.7 Å². The number of nitrogens with zero attached hydrogens (tertiary/aromatic N) is 4. The Balaban J connectivity index is 1.49. The van der Waals surface area contributed by atoms with E-state index in [1.165, 1.54) is 58.0 Å². The van der Waals surface area contributed by atoms with Gasteiger partial charge in [0, 0.05) is 28.7 Å². The molecule has 2 aliphatic heterocycles. The van der Waals surface area contributed by atoms with Crippen molar-refractivity contribution in [3.05, 3.63) is 50.6 Å². The van der Waals surface area contributed by atoms with E-state index in [-0.39, 0.29) is 17.2 Å². The number of aliphatic carboxylic acids is 1. The second-order valence-corrected chi connectivity index (χ2v) is 11.9. The highest BCUT2D eigenvalue weighted by atomic mass is 32.2. The van der Waals surface area contributed by atoms with Gasteiger partial charge in [-0.05, 0) is 17.3 Å². The summed E-state index contributed by atoms with van der Waals surface area (Å²) in [5.74, 6) is -0.750. The summed E-state index contributed by atoms with van der Waals surface area (Å²) in [4.78, 5) is 59.2. The van der Waals surface area contributed by atoms with Gasteiger partial charge in [0.15, 0.2) is 0 Å². The number of thioether (sulfide) groups is 3. The van der Waals surface area contributed by atoms with E-state index < -0.39 is 35.2 Å². The Kier molecular flexibility index (Phi) is 8.50. The van der Waals surface area contributed by atoms with Crippen molar-refractivity contribution in [1.82, 2.24) is 20.2 Å². The molecule has 36 heavy (non-hydrogen) atoms. The number of aromatic nitrogens is 2. The fourth-order valence-electron chi connectivity index (χ4n) is 3.56. The van der Waals surface area contributed by atoms with Crippen molar-refractivity contribution in [2.45, 2.75) is 27.4 Å². The zero-order chi connectivity index (χ0) is 25.8. The molecule has 4 rings (SSSR count). The molecule has 0 aromatic carbocycles. The molecule has 2 aromatic heterocycles. The van der Waals surface area contributed by atoms with E-state index in [1.807, 2.05) is 0 Å². The number of hydrogen-bond acceptors (Lipinski definition) is 13. The van der Waals surface area contributed by atoms with Crippen LogP contribution >= 0.6 is 46.6 Å². The van der Waals surface area contributed by atoms with E-state index in [2.05, 4.69) is 20.5 Å². The number of nitrogen functional groups attached to an aromatic ring is 1. The van der Waals surface area contributed by atoms with E-state index in [1.54, 1.807) is 17.3 Å². The van der Waals surface area contributed by atoms with Gasteiger partial charge < -0.3 is 21.9 Å². The van der Waals surface area contributed by atoms with E-state index in [4.69, 9.17) is 11.5 Å². The third-order valence-electron chi connectivity index (χ3n) is 5.18. The number of pyridine rings is 1. The number of nitrogens with one attached hydrogen (secondary N) is 1. The lowest BCUT2D eigenvalue weighted by molar-refractivity contribution is -0.150. The van der Waals surface area contributed by atoms with Crippen molar-refractivity contribution in [2.24, 2.45) is 10.9 Å². The van der Waals surface area contributed by atoms with Crippen LogP contribution in [0.4, 0.5) is 5.82 Å². The maximum Gasteiger partial charge on any atom is 0.353 e. The second kappa shape index (κ2) is 11.6. The van der Waals surface area contributed by atoms with Crippen LogP contribution in [0.2, 0.25) is 0 Å². The van der Waals surface area contributed by atoms with Gasteiger partial charge in [0.05, 0.1) is 21.1 Å². The van der Waals surface area contributed by atoms with Crippen LogP contribution in [0.3, 0.4) is 0 Å². The van der Waals surface area contributed by atoms with Crippen molar-refractivity contribution in [2.75, 3.05) is 23.8 Å². The maximum absolute atomic E-state index is 13.0. The number of carbonyl (C=O) groups is 3. The van der Waals surface area contributed by atoms with Gasteiger partial charge in [0.2, 0.25) is 6.04 Å². The summed E-state index contributed by atoms with van der Waals surface area (Å²) in [5, 5.41) is 14.7. The molecule has 0 aliphatic carbocycles. The molecule has 1 fully saturated rings. The maximum atomic E-state index is 13.0. The number of carboxylic acids is 1. The highest BCUT2D eigenvalue weighted by molar-refractivity contribution is 8.07. The molecular weight excluding hydrogens is 547 g/mol. The number of nitroso groups, excluding NO2 is 1. The summed E-state index contributed by atoms with van der Waals surface area (Å²) in [7, 11) is 0. The molecule has 16 heteroatoms. The minimum atomic E-state index is -1.49. The molecule has 3 unspecified atom stereocenters. The van der Waals surface area contributed by atoms with Gasteiger partial charge in [-0.2, -0.15) is 11.8 Å². The molecule has 0 saturated carbocycles. The number of β-lactam (4-membered cyclic amide) rings is 1. The molecule has 2 aliphatic rings. The van der Waals surface area contributed by atoms with Crippen molar-refractivity contribution >= 4 is 70.2 Å². The number of carbonyl (C=O) groups excluding carboxylic acids is 2. The molecule has 2 aromatic rings. The number of nitrogens with two attached hydrogens (primary N) is 2. The molecule has 0 spiro atoms. The predicted molar refractivity (Wildman–Crippen MR) is 140 cm³/mol. The molecule has 3 atom stereocenters. The van der Waals surface area contributed by atoms with E-state index >= 15 is 0 Å². The van der Waals surface area contributed by atoms with Crippen LogP contribution in [0, 0.1) is 4.91 Å². The SMILES string of the molecule is NCCSCc1ncsc1SC1=C(C(=O)O)N2C(=O)C(NC(=O)C(N=O)c3cccc(N)n3)C2SC1. The van der Waals surface area contributed by atoms with E-state index in [0.29, 0.717) is 23.0 Å². The Morgan fingerprint density at radius 3 is 2.89 bits per heavy atom.